The molecule has 4 nitrogen and oxygen atoms in total. The van der Waals surface area contributed by atoms with Crippen molar-refractivity contribution >= 4 is 22.9 Å². The lowest BCUT2D eigenvalue weighted by atomic mass is 10.1. The Labute approximate surface area is 151 Å². The molecule has 0 aliphatic carbocycles. The van der Waals surface area contributed by atoms with E-state index in [1.54, 1.807) is 18.4 Å². The smallest absolute Gasteiger partial charge is 0.257 e. The average molecular weight is 352 g/mol. The molecule has 3 rings (SSSR count). The van der Waals surface area contributed by atoms with E-state index in [-0.39, 0.29) is 5.91 Å². The Hall–Kier alpha value is -2.66. The number of ether oxygens (including phenoxy) is 1. The fourth-order valence-electron chi connectivity index (χ4n) is 2.83. The van der Waals surface area contributed by atoms with Gasteiger partial charge in [-0.05, 0) is 56.0 Å². The number of nitrogens with one attached hydrogen (secondary N) is 1. The second kappa shape index (κ2) is 7.07. The molecule has 0 atom stereocenters. The maximum atomic E-state index is 12.7. The van der Waals surface area contributed by atoms with Crippen LogP contribution in [0.25, 0.3) is 10.6 Å². The highest BCUT2D eigenvalue weighted by Crippen LogP contribution is 2.30. The lowest BCUT2D eigenvalue weighted by Gasteiger charge is -2.14. The van der Waals surface area contributed by atoms with E-state index in [4.69, 9.17) is 4.74 Å². The Morgan fingerprint density at radius 3 is 2.56 bits per heavy atom. The lowest BCUT2D eigenvalue weighted by molar-refractivity contribution is 0.102. The first kappa shape index (κ1) is 17.2. The van der Waals surface area contributed by atoms with Gasteiger partial charge in [0.1, 0.15) is 5.75 Å². The van der Waals surface area contributed by atoms with Gasteiger partial charge in [-0.1, -0.05) is 12.1 Å². The molecule has 5 heteroatoms. The molecule has 0 saturated heterocycles. The number of carbonyl (C=O) groups is 1. The van der Waals surface area contributed by atoms with Gasteiger partial charge in [0.05, 0.1) is 28.9 Å². The summed E-state index contributed by atoms with van der Waals surface area (Å²) < 4.78 is 5.42. The van der Waals surface area contributed by atoms with E-state index >= 15 is 0 Å². The van der Waals surface area contributed by atoms with Gasteiger partial charge in [-0.2, -0.15) is 0 Å². The molecule has 0 aliphatic rings. The largest absolute Gasteiger partial charge is 0.496 e. The zero-order valence-corrected chi connectivity index (χ0v) is 15.5. The van der Waals surface area contributed by atoms with Crippen LogP contribution in [-0.4, -0.2) is 18.0 Å². The molecule has 128 valence electrons. The fourth-order valence-corrected chi connectivity index (χ4v) is 3.52. The van der Waals surface area contributed by atoms with Crippen LogP contribution in [0, 0.1) is 20.8 Å². The molecular weight excluding hydrogens is 332 g/mol. The maximum absolute atomic E-state index is 12.7. The molecule has 0 saturated carbocycles. The molecule has 2 heterocycles. The van der Waals surface area contributed by atoms with Crippen LogP contribution in [-0.2, 0) is 0 Å². The molecule has 0 bridgehead atoms. The number of amides is 1. The number of carbonyl (C=O) groups excluding carboxylic acids is 1. The van der Waals surface area contributed by atoms with Crippen LogP contribution in [0.2, 0.25) is 0 Å². The van der Waals surface area contributed by atoms with Crippen LogP contribution in [0.3, 0.4) is 0 Å². The second-order valence-corrected chi connectivity index (χ2v) is 6.80. The second-order valence-electron chi connectivity index (χ2n) is 5.85. The molecule has 0 fully saturated rings. The molecule has 0 spiro atoms. The van der Waals surface area contributed by atoms with Crippen LogP contribution >= 0.6 is 11.3 Å². The lowest BCUT2D eigenvalue weighted by Crippen LogP contribution is -2.15. The van der Waals surface area contributed by atoms with Crippen LogP contribution in [0.5, 0.6) is 5.75 Å². The fraction of sp³-hybridized carbons (Fsp3) is 0.200. The summed E-state index contributed by atoms with van der Waals surface area (Å²) in [6.45, 7) is 5.77. The minimum atomic E-state index is -0.170. The third-order valence-electron chi connectivity index (χ3n) is 4.16. The molecule has 0 aliphatic heterocycles. The number of methoxy groups -OCH3 is 1. The van der Waals surface area contributed by atoms with E-state index in [0.29, 0.717) is 11.3 Å². The van der Waals surface area contributed by atoms with Crippen molar-refractivity contribution in [3.63, 3.8) is 0 Å². The van der Waals surface area contributed by atoms with Crippen molar-refractivity contribution < 1.29 is 9.53 Å². The van der Waals surface area contributed by atoms with Gasteiger partial charge in [0.15, 0.2) is 0 Å². The summed E-state index contributed by atoms with van der Waals surface area (Å²) in [4.78, 5) is 18.3. The summed E-state index contributed by atoms with van der Waals surface area (Å²) in [6, 6.07) is 11.6. The predicted octanol–water partition coefficient (Wildman–Crippen LogP) is 5.00. The SMILES string of the molecule is COc1c(C)ccc(NC(=O)c2ccc(-c3cccs3)nc2C)c1C. The molecular formula is C20H20N2O2S. The topological polar surface area (TPSA) is 51.2 Å². The zero-order chi connectivity index (χ0) is 18.0. The van der Waals surface area contributed by atoms with Crippen LogP contribution in [0.4, 0.5) is 5.69 Å². The third kappa shape index (κ3) is 3.42. The number of pyridine rings is 1. The number of aromatic nitrogens is 1. The Kier molecular flexibility index (Phi) is 4.86. The average Bonchev–Trinajstić information content (AvgIpc) is 3.12. The van der Waals surface area contributed by atoms with Crippen molar-refractivity contribution in [2.24, 2.45) is 0 Å². The molecule has 0 unspecified atom stereocenters. The predicted molar refractivity (Wildman–Crippen MR) is 103 cm³/mol. The molecule has 1 amide bonds. The number of nitrogens with zero attached hydrogens (tertiary/aromatic N) is 1. The van der Waals surface area contributed by atoms with Crippen molar-refractivity contribution in [1.29, 1.82) is 0 Å². The number of aryl methyl sites for hydroxylation is 2. The number of hydrogen-bond acceptors (Lipinski definition) is 4. The van der Waals surface area contributed by atoms with Gasteiger partial charge in [0.2, 0.25) is 0 Å². The molecule has 2 aromatic heterocycles. The van der Waals surface area contributed by atoms with Crippen LogP contribution < -0.4 is 10.1 Å². The van der Waals surface area contributed by atoms with E-state index in [9.17, 15) is 4.79 Å². The highest BCUT2D eigenvalue weighted by atomic mass is 32.1. The standard InChI is InChI=1S/C20H20N2O2S/c1-12-7-9-16(13(2)19(12)24-4)22-20(23)15-8-10-17(21-14(15)3)18-6-5-11-25-18/h5-11H,1-4H3,(H,22,23). The Morgan fingerprint density at radius 1 is 1.12 bits per heavy atom. The van der Waals surface area contributed by atoms with Crippen LogP contribution in [0.15, 0.2) is 41.8 Å². The Morgan fingerprint density at radius 2 is 1.92 bits per heavy atom. The van der Waals surface area contributed by atoms with Gasteiger partial charge in [0.25, 0.3) is 5.91 Å². The summed E-state index contributed by atoms with van der Waals surface area (Å²) in [5.41, 5.74) is 4.86. The van der Waals surface area contributed by atoms with Crippen molar-refractivity contribution in [3.8, 4) is 16.3 Å². The van der Waals surface area contributed by atoms with Crippen molar-refractivity contribution in [3.05, 3.63) is 64.2 Å². The number of rotatable bonds is 4. The molecule has 1 aromatic carbocycles. The molecule has 25 heavy (non-hydrogen) atoms. The summed E-state index contributed by atoms with van der Waals surface area (Å²) in [5.74, 6) is 0.623. The van der Waals surface area contributed by atoms with Gasteiger partial charge in [-0.25, -0.2) is 0 Å². The number of hydrogen-bond donors (Lipinski definition) is 1. The highest BCUT2D eigenvalue weighted by molar-refractivity contribution is 7.13. The minimum absolute atomic E-state index is 0.170. The quantitative estimate of drug-likeness (QED) is 0.719. The monoisotopic (exact) mass is 352 g/mol. The van der Waals surface area contributed by atoms with Gasteiger partial charge in [-0.15, -0.1) is 11.3 Å². The third-order valence-corrected chi connectivity index (χ3v) is 5.05. The minimum Gasteiger partial charge on any atom is -0.496 e. The molecule has 1 N–H and O–H groups in total. The molecule has 0 radical (unpaired) electrons. The van der Waals surface area contributed by atoms with E-state index < -0.39 is 0 Å². The number of thiophene rings is 1. The Balaban J connectivity index is 1.87. The van der Waals surface area contributed by atoms with E-state index in [1.165, 1.54) is 0 Å². The van der Waals surface area contributed by atoms with Crippen molar-refractivity contribution in [1.82, 2.24) is 4.98 Å². The first-order chi connectivity index (χ1) is 12.0. The van der Waals surface area contributed by atoms with E-state index in [1.807, 2.05) is 62.5 Å². The van der Waals surface area contributed by atoms with Crippen LogP contribution in [0.1, 0.15) is 27.2 Å². The highest BCUT2D eigenvalue weighted by Gasteiger charge is 2.15. The van der Waals surface area contributed by atoms with Crippen molar-refractivity contribution in [2.75, 3.05) is 12.4 Å². The van der Waals surface area contributed by atoms with Gasteiger partial charge >= 0.3 is 0 Å². The van der Waals surface area contributed by atoms with E-state index in [0.717, 1.165) is 33.1 Å². The van der Waals surface area contributed by atoms with Gasteiger partial charge in [0, 0.05) is 11.3 Å². The van der Waals surface area contributed by atoms with Gasteiger partial charge < -0.3 is 10.1 Å². The van der Waals surface area contributed by atoms with E-state index in [2.05, 4.69) is 10.3 Å². The summed E-state index contributed by atoms with van der Waals surface area (Å²) >= 11 is 1.63. The zero-order valence-electron chi connectivity index (χ0n) is 14.7. The Bertz CT molecular complexity index is 918. The molecule has 3 aromatic rings. The normalized spacial score (nSPS) is 10.6. The maximum Gasteiger partial charge on any atom is 0.257 e. The summed E-state index contributed by atoms with van der Waals surface area (Å²) in [7, 11) is 1.64. The first-order valence-corrected chi connectivity index (χ1v) is 8.86. The number of benzene rings is 1. The van der Waals surface area contributed by atoms with Crippen molar-refractivity contribution in [2.45, 2.75) is 20.8 Å². The number of anilines is 1. The summed E-state index contributed by atoms with van der Waals surface area (Å²) in [6.07, 6.45) is 0. The summed E-state index contributed by atoms with van der Waals surface area (Å²) in [5, 5.41) is 4.98. The first-order valence-electron chi connectivity index (χ1n) is 7.98. The van der Waals surface area contributed by atoms with Gasteiger partial charge in [-0.3, -0.25) is 9.78 Å².